The smallest absolute Gasteiger partial charge is 0.410 e. The maximum absolute atomic E-state index is 12.2. The van der Waals surface area contributed by atoms with E-state index in [1.807, 2.05) is 43.9 Å². The molecule has 0 aliphatic carbocycles. The lowest BCUT2D eigenvalue weighted by molar-refractivity contribution is 0.0159. The minimum Gasteiger partial charge on any atom is -0.493 e. The van der Waals surface area contributed by atoms with Crippen LogP contribution in [-0.2, 0) is 4.74 Å². The van der Waals surface area contributed by atoms with Gasteiger partial charge in [0.25, 0.3) is 0 Å². The summed E-state index contributed by atoms with van der Waals surface area (Å²) in [6.07, 6.45) is 4.12. The van der Waals surface area contributed by atoms with E-state index in [1.54, 1.807) is 0 Å². The molecule has 0 spiro atoms. The fourth-order valence-electron chi connectivity index (χ4n) is 3.09. The summed E-state index contributed by atoms with van der Waals surface area (Å²) in [7, 11) is 0. The molecule has 1 aliphatic rings. The minimum absolute atomic E-state index is 0.182. The maximum Gasteiger partial charge on any atom is 0.410 e. The van der Waals surface area contributed by atoms with Gasteiger partial charge in [-0.1, -0.05) is 22.0 Å². The number of rotatable bonds is 5. The lowest BCUT2D eigenvalue weighted by Gasteiger charge is -2.34. The van der Waals surface area contributed by atoms with Crippen molar-refractivity contribution >= 4 is 22.0 Å². The lowest BCUT2D eigenvalue weighted by Crippen LogP contribution is -2.42. The quantitative estimate of drug-likeness (QED) is 0.594. The number of hydrogen-bond acceptors (Lipinski definition) is 3. The first kappa shape index (κ1) is 20.1. The summed E-state index contributed by atoms with van der Waals surface area (Å²) in [5.41, 5.74) is 0.705. The zero-order valence-electron chi connectivity index (χ0n) is 15.8. The van der Waals surface area contributed by atoms with Crippen molar-refractivity contribution in [2.24, 2.45) is 5.92 Å². The van der Waals surface area contributed by atoms with Crippen molar-refractivity contribution in [3.63, 3.8) is 0 Å². The molecule has 1 saturated heterocycles. The van der Waals surface area contributed by atoms with E-state index in [0.29, 0.717) is 12.5 Å². The van der Waals surface area contributed by atoms with Gasteiger partial charge in [0.05, 0.1) is 6.61 Å². The summed E-state index contributed by atoms with van der Waals surface area (Å²) < 4.78 is 12.5. The van der Waals surface area contributed by atoms with Gasteiger partial charge in [0, 0.05) is 23.1 Å². The molecule has 0 aromatic heterocycles. The SMILES string of the molecule is Cc1c(Br)cccc1OCCCC1CCCN(C(=O)OC(C)(C)C)C1. The van der Waals surface area contributed by atoms with E-state index in [9.17, 15) is 4.79 Å². The molecule has 5 heteroatoms. The van der Waals surface area contributed by atoms with E-state index in [2.05, 4.69) is 22.9 Å². The van der Waals surface area contributed by atoms with E-state index >= 15 is 0 Å². The van der Waals surface area contributed by atoms with E-state index in [0.717, 1.165) is 48.1 Å². The molecule has 0 N–H and O–H groups in total. The number of carbonyl (C=O) groups is 1. The van der Waals surface area contributed by atoms with E-state index in [-0.39, 0.29) is 6.09 Å². The summed E-state index contributed by atoms with van der Waals surface area (Å²) in [5, 5.41) is 0. The number of benzene rings is 1. The number of likely N-dealkylation sites (tertiary alicyclic amines) is 1. The summed E-state index contributed by atoms with van der Waals surface area (Å²) in [6, 6.07) is 6.02. The third-order valence-corrected chi connectivity index (χ3v) is 5.26. The molecule has 1 aromatic carbocycles. The highest BCUT2D eigenvalue weighted by Gasteiger charge is 2.27. The first-order valence-electron chi connectivity index (χ1n) is 9.12. The molecule has 4 nitrogen and oxygen atoms in total. The predicted molar refractivity (Wildman–Crippen MR) is 104 cm³/mol. The highest BCUT2D eigenvalue weighted by molar-refractivity contribution is 9.10. The summed E-state index contributed by atoms with van der Waals surface area (Å²) in [5.74, 6) is 1.47. The fraction of sp³-hybridized carbons (Fsp3) is 0.650. The van der Waals surface area contributed by atoms with Crippen molar-refractivity contribution in [1.29, 1.82) is 0 Å². The topological polar surface area (TPSA) is 38.8 Å². The molecule has 1 fully saturated rings. The minimum atomic E-state index is -0.431. The Kier molecular flexibility index (Phi) is 7.17. The average Bonchev–Trinajstić information content (AvgIpc) is 2.54. The Labute approximate surface area is 160 Å². The number of halogens is 1. The molecule has 0 radical (unpaired) electrons. The van der Waals surface area contributed by atoms with Crippen LogP contribution in [-0.4, -0.2) is 36.3 Å². The Hall–Kier alpha value is -1.23. The van der Waals surface area contributed by atoms with Gasteiger partial charge in [-0.25, -0.2) is 4.79 Å². The van der Waals surface area contributed by atoms with Gasteiger partial charge in [0.2, 0.25) is 0 Å². The number of piperidine rings is 1. The molecule has 1 atom stereocenters. The van der Waals surface area contributed by atoms with E-state index in [4.69, 9.17) is 9.47 Å². The summed E-state index contributed by atoms with van der Waals surface area (Å²) in [6.45, 7) is 10.1. The first-order valence-corrected chi connectivity index (χ1v) is 9.91. The normalized spacial score (nSPS) is 18.1. The van der Waals surface area contributed by atoms with Gasteiger partial charge in [-0.15, -0.1) is 0 Å². The van der Waals surface area contributed by atoms with Crippen LogP contribution in [0.25, 0.3) is 0 Å². The Morgan fingerprint density at radius 1 is 1.36 bits per heavy atom. The van der Waals surface area contributed by atoms with Crippen molar-refractivity contribution < 1.29 is 14.3 Å². The van der Waals surface area contributed by atoms with Crippen molar-refractivity contribution in [3.8, 4) is 5.75 Å². The van der Waals surface area contributed by atoms with Gasteiger partial charge in [0.15, 0.2) is 0 Å². The fourth-order valence-corrected chi connectivity index (χ4v) is 3.44. The number of carbonyl (C=O) groups excluding carboxylic acids is 1. The van der Waals surface area contributed by atoms with Crippen molar-refractivity contribution in [2.75, 3.05) is 19.7 Å². The van der Waals surface area contributed by atoms with Crippen LogP contribution in [0.2, 0.25) is 0 Å². The van der Waals surface area contributed by atoms with Crippen molar-refractivity contribution in [2.45, 2.75) is 59.0 Å². The van der Waals surface area contributed by atoms with Crippen molar-refractivity contribution in [3.05, 3.63) is 28.2 Å². The van der Waals surface area contributed by atoms with Crippen LogP contribution in [0.3, 0.4) is 0 Å². The molecule has 2 rings (SSSR count). The molecule has 1 heterocycles. The largest absolute Gasteiger partial charge is 0.493 e. The molecule has 140 valence electrons. The van der Waals surface area contributed by atoms with E-state index < -0.39 is 5.60 Å². The second-order valence-corrected chi connectivity index (χ2v) is 8.64. The Bertz CT molecular complexity index is 583. The average molecular weight is 412 g/mol. The number of ether oxygens (including phenoxy) is 2. The molecule has 1 unspecified atom stereocenters. The molecule has 25 heavy (non-hydrogen) atoms. The van der Waals surface area contributed by atoms with Crippen LogP contribution in [0.4, 0.5) is 4.79 Å². The summed E-state index contributed by atoms with van der Waals surface area (Å²) in [4.78, 5) is 14.1. The van der Waals surface area contributed by atoms with Gasteiger partial charge >= 0.3 is 6.09 Å². The van der Waals surface area contributed by atoms with Crippen LogP contribution in [0.1, 0.15) is 52.0 Å². The summed E-state index contributed by atoms with van der Waals surface area (Å²) >= 11 is 3.53. The number of nitrogens with zero attached hydrogens (tertiary/aromatic N) is 1. The van der Waals surface area contributed by atoms with Gasteiger partial charge < -0.3 is 14.4 Å². The van der Waals surface area contributed by atoms with Crippen molar-refractivity contribution in [1.82, 2.24) is 4.90 Å². The van der Waals surface area contributed by atoms with Crippen LogP contribution in [0.15, 0.2) is 22.7 Å². The van der Waals surface area contributed by atoms with Crippen LogP contribution in [0.5, 0.6) is 5.75 Å². The number of amides is 1. The molecule has 0 bridgehead atoms. The van der Waals surface area contributed by atoms with E-state index in [1.165, 1.54) is 6.42 Å². The van der Waals surface area contributed by atoms with Crippen LogP contribution in [0, 0.1) is 12.8 Å². The predicted octanol–water partition coefficient (Wildman–Crippen LogP) is 5.56. The lowest BCUT2D eigenvalue weighted by atomic mass is 9.94. The molecule has 1 aliphatic heterocycles. The van der Waals surface area contributed by atoms with Gasteiger partial charge in [-0.3, -0.25) is 0 Å². The van der Waals surface area contributed by atoms with Gasteiger partial charge in [-0.2, -0.15) is 0 Å². The molecule has 1 amide bonds. The highest BCUT2D eigenvalue weighted by atomic mass is 79.9. The van der Waals surface area contributed by atoms with Crippen LogP contribution >= 0.6 is 15.9 Å². The maximum atomic E-state index is 12.2. The number of hydrogen-bond donors (Lipinski definition) is 0. The monoisotopic (exact) mass is 411 g/mol. The Morgan fingerprint density at radius 2 is 2.12 bits per heavy atom. The third-order valence-electron chi connectivity index (χ3n) is 4.40. The van der Waals surface area contributed by atoms with Gasteiger partial charge in [0.1, 0.15) is 11.4 Å². The molecule has 0 saturated carbocycles. The third kappa shape index (κ3) is 6.53. The second kappa shape index (κ2) is 8.93. The first-order chi connectivity index (χ1) is 11.8. The molecular formula is C20H30BrNO3. The Morgan fingerprint density at radius 3 is 2.84 bits per heavy atom. The molecule has 1 aromatic rings. The zero-order chi connectivity index (χ0) is 18.4. The van der Waals surface area contributed by atoms with Gasteiger partial charge in [-0.05, 0) is 71.4 Å². The second-order valence-electron chi connectivity index (χ2n) is 7.79. The standard InChI is InChI=1S/C20H30BrNO3/c1-15-17(21)10-5-11-18(15)24-13-7-9-16-8-6-12-22(14-16)19(23)25-20(2,3)4/h5,10-11,16H,6-9,12-14H2,1-4H3. The Balaban J connectivity index is 1.74. The highest BCUT2D eigenvalue weighted by Crippen LogP contribution is 2.26. The zero-order valence-corrected chi connectivity index (χ0v) is 17.4. The van der Waals surface area contributed by atoms with Crippen LogP contribution < -0.4 is 4.74 Å². The molecular weight excluding hydrogens is 382 g/mol.